The van der Waals surface area contributed by atoms with E-state index in [4.69, 9.17) is 0 Å². The number of aliphatic hydroxyl groups excluding tert-OH is 1. The second kappa shape index (κ2) is 4.39. The number of halogens is 1. The molecule has 3 unspecified atom stereocenters. The summed E-state index contributed by atoms with van der Waals surface area (Å²) in [6.45, 7) is 2.82. The SMILES string of the molecule is OC1CCC2CN(Cc3cccc(F)c3)CC12. The number of nitrogens with zero attached hydrogens (tertiary/aromatic N) is 1. The van der Waals surface area contributed by atoms with E-state index >= 15 is 0 Å². The molecule has 0 radical (unpaired) electrons. The monoisotopic (exact) mass is 235 g/mol. The van der Waals surface area contributed by atoms with Crippen LogP contribution in [0.15, 0.2) is 24.3 Å². The molecule has 1 aromatic carbocycles. The first-order chi connectivity index (χ1) is 8.22. The standard InChI is InChI=1S/C14H18FNO/c15-12-3-1-2-10(6-12)7-16-8-11-4-5-14(17)13(11)9-16/h1-3,6,11,13-14,17H,4-5,7-9H2. The maximum absolute atomic E-state index is 13.1. The molecule has 2 fully saturated rings. The van der Waals surface area contributed by atoms with Crippen LogP contribution in [0.5, 0.6) is 0 Å². The Morgan fingerprint density at radius 2 is 2.18 bits per heavy atom. The Morgan fingerprint density at radius 1 is 1.29 bits per heavy atom. The Bertz CT molecular complexity index is 409. The van der Waals surface area contributed by atoms with Crippen molar-refractivity contribution in [1.29, 1.82) is 0 Å². The fraction of sp³-hybridized carbons (Fsp3) is 0.571. The number of aliphatic hydroxyl groups is 1. The molecule has 1 saturated heterocycles. The molecule has 0 spiro atoms. The fourth-order valence-corrected chi connectivity index (χ4v) is 3.35. The Balaban J connectivity index is 1.64. The zero-order valence-corrected chi connectivity index (χ0v) is 9.85. The molecule has 2 nitrogen and oxygen atoms in total. The molecule has 0 aromatic heterocycles. The molecule has 0 amide bonds. The van der Waals surface area contributed by atoms with Gasteiger partial charge in [0.1, 0.15) is 5.82 Å². The summed E-state index contributed by atoms with van der Waals surface area (Å²) in [7, 11) is 0. The maximum atomic E-state index is 13.1. The van der Waals surface area contributed by atoms with Crippen LogP contribution in [0.1, 0.15) is 18.4 Å². The van der Waals surface area contributed by atoms with E-state index in [1.807, 2.05) is 6.07 Å². The van der Waals surface area contributed by atoms with E-state index in [0.717, 1.165) is 38.0 Å². The van der Waals surface area contributed by atoms with Gasteiger partial charge in [-0.05, 0) is 36.5 Å². The number of likely N-dealkylation sites (tertiary alicyclic amines) is 1. The van der Waals surface area contributed by atoms with Crippen LogP contribution in [0.2, 0.25) is 0 Å². The third kappa shape index (κ3) is 2.22. The van der Waals surface area contributed by atoms with Gasteiger partial charge in [-0.1, -0.05) is 12.1 Å². The van der Waals surface area contributed by atoms with Gasteiger partial charge in [-0.25, -0.2) is 4.39 Å². The molecule has 3 heteroatoms. The summed E-state index contributed by atoms with van der Waals surface area (Å²) in [5.41, 5.74) is 1.03. The van der Waals surface area contributed by atoms with Gasteiger partial charge in [0.2, 0.25) is 0 Å². The topological polar surface area (TPSA) is 23.5 Å². The zero-order chi connectivity index (χ0) is 11.8. The molecule has 1 aliphatic heterocycles. The molecule has 1 N–H and O–H groups in total. The molecular formula is C14H18FNO. The van der Waals surface area contributed by atoms with Crippen molar-refractivity contribution in [2.24, 2.45) is 11.8 Å². The summed E-state index contributed by atoms with van der Waals surface area (Å²) in [5.74, 6) is 0.934. The Morgan fingerprint density at radius 3 is 2.94 bits per heavy atom. The normalized spacial score (nSPS) is 32.9. The number of benzene rings is 1. The van der Waals surface area contributed by atoms with Gasteiger partial charge >= 0.3 is 0 Å². The maximum Gasteiger partial charge on any atom is 0.123 e. The Hall–Kier alpha value is -0.930. The lowest BCUT2D eigenvalue weighted by Crippen LogP contribution is -2.24. The molecule has 1 heterocycles. The summed E-state index contributed by atoms with van der Waals surface area (Å²) in [6.07, 6.45) is 1.99. The average Bonchev–Trinajstić information content (AvgIpc) is 2.82. The van der Waals surface area contributed by atoms with Crippen molar-refractivity contribution in [2.45, 2.75) is 25.5 Å². The highest BCUT2D eigenvalue weighted by atomic mass is 19.1. The van der Waals surface area contributed by atoms with E-state index < -0.39 is 0 Å². The van der Waals surface area contributed by atoms with Crippen LogP contribution in [0.25, 0.3) is 0 Å². The molecule has 0 bridgehead atoms. The summed E-state index contributed by atoms with van der Waals surface area (Å²) in [6, 6.07) is 6.81. The van der Waals surface area contributed by atoms with Crippen LogP contribution in [0.3, 0.4) is 0 Å². The number of rotatable bonds is 2. The first-order valence-corrected chi connectivity index (χ1v) is 6.37. The quantitative estimate of drug-likeness (QED) is 0.848. The van der Waals surface area contributed by atoms with Crippen molar-refractivity contribution in [3.05, 3.63) is 35.6 Å². The summed E-state index contributed by atoms with van der Waals surface area (Å²) in [5, 5.41) is 9.84. The van der Waals surface area contributed by atoms with Gasteiger partial charge in [0.15, 0.2) is 0 Å². The van der Waals surface area contributed by atoms with E-state index in [1.54, 1.807) is 12.1 Å². The third-order valence-corrected chi connectivity index (χ3v) is 4.19. The first-order valence-electron chi connectivity index (χ1n) is 6.37. The minimum Gasteiger partial charge on any atom is -0.393 e. The minimum absolute atomic E-state index is 0.113. The van der Waals surface area contributed by atoms with Gasteiger partial charge in [-0.3, -0.25) is 4.90 Å². The summed E-state index contributed by atoms with van der Waals surface area (Å²) in [4.78, 5) is 2.34. The molecule has 1 aliphatic carbocycles. The summed E-state index contributed by atoms with van der Waals surface area (Å²) >= 11 is 0. The van der Waals surface area contributed by atoms with E-state index in [1.165, 1.54) is 6.07 Å². The molecule has 3 atom stereocenters. The van der Waals surface area contributed by atoms with Gasteiger partial charge in [-0.15, -0.1) is 0 Å². The minimum atomic E-state index is -0.165. The molecule has 1 aromatic rings. The lowest BCUT2D eigenvalue weighted by atomic mass is 10.00. The van der Waals surface area contributed by atoms with Crippen LogP contribution < -0.4 is 0 Å². The lowest BCUT2D eigenvalue weighted by molar-refractivity contribution is 0.123. The fourth-order valence-electron chi connectivity index (χ4n) is 3.35. The Labute approximate surface area is 101 Å². The summed E-state index contributed by atoms with van der Waals surface area (Å²) < 4.78 is 13.1. The van der Waals surface area contributed by atoms with Crippen LogP contribution in [-0.2, 0) is 6.54 Å². The molecule has 1 saturated carbocycles. The van der Waals surface area contributed by atoms with Crippen molar-refractivity contribution >= 4 is 0 Å². The Kier molecular flexibility index (Phi) is 2.89. The van der Waals surface area contributed by atoms with Crippen LogP contribution in [0.4, 0.5) is 4.39 Å². The van der Waals surface area contributed by atoms with Gasteiger partial charge in [-0.2, -0.15) is 0 Å². The average molecular weight is 235 g/mol. The van der Waals surface area contributed by atoms with E-state index in [0.29, 0.717) is 11.8 Å². The van der Waals surface area contributed by atoms with Gasteiger partial charge in [0, 0.05) is 25.6 Å². The van der Waals surface area contributed by atoms with E-state index in [2.05, 4.69) is 4.90 Å². The van der Waals surface area contributed by atoms with Gasteiger partial charge < -0.3 is 5.11 Å². The third-order valence-electron chi connectivity index (χ3n) is 4.19. The van der Waals surface area contributed by atoms with Crippen LogP contribution in [-0.4, -0.2) is 29.2 Å². The van der Waals surface area contributed by atoms with Crippen LogP contribution in [0, 0.1) is 17.7 Å². The molecular weight excluding hydrogens is 217 g/mol. The van der Waals surface area contributed by atoms with Gasteiger partial charge in [0.05, 0.1) is 6.10 Å². The smallest absolute Gasteiger partial charge is 0.123 e. The van der Waals surface area contributed by atoms with Crippen molar-refractivity contribution in [1.82, 2.24) is 4.90 Å². The lowest BCUT2D eigenvalue weighted by Gasteiger charge is -2.17. The van der Waals surface area contributed by atoms with Gasteiger partial charge in [0.25, 0.3) is 0 Å². The van der Waals surface area contributed by atoms with E-state index in [9.17, 15) is 9.50 Å². The molecule has 2 aliphatic rings. The largest absolute Gasteiger partial charge is 0.393 e. The van der Waals surface area contributed by atoms with E-state index in [-0.39, 0.29) is 11.9 Å². The number of hydrogen-bond acceptors (Lipinski definition) is 2. The van der Waals surface area contributed by atoms with Crippen LogP contribution >= 0.6 is 0 Å². The highest BCUT2D eigenvalue weighted by Gasteiger charge is 2.41. The second-order valence-electron chi connectivity index (χ2n) is 5.39. The highest BCUT2D eigenvalue weighted by Crippen LogP contribution is 2.38. The van der Waals surface area contributed by atoms with Crippen molar-refractivity contribution < 1.29 is 9.50 Å². The molecule has 92 valence electrons. The first kappa shape index (κ1) is 11.2. The van der Waals surface area contributed by atoms with Crippen molar-refractivity contribution in [2.75, 3.05) is 13.1 Å². The highest BCUT2D eigenvalue weighted by molar-refractivity contribution is 5.16. The van der Waals surface area contributed by atoms with Crippen molar-refractivity contribution in [3.63, 3.8) is 0 Å². The predicted molar refractivity (Wildman–Crippen MR) is 63.9 cm³/mol. The predicted octanol–water partition coefficient (Wildman–Crippen LogP) is 2.03. The number of fused-ring (bicyclic) bond motifs is 1. The molecule has 3 rings (SSSR count). The molecule has 17 heavy (non-hydrogen) atoms. The second-order valence-corrected chi connectivity index (χ2v) is 5.39. The van der Waals surface area contributed by atoms with Crippen molar-refractivity contribution in [3.8, 4) is 0 Å². The zero-order valence-electron chi connectivity index (χ0n) is 9.85. The number of hydrogen-bond donors (Lipinski definition) is 1.